The van der Waals surface area contributed by atoms with Gasteiger partial charge in [0.05, 0.1) is 0 Å². The lowest BCUT2D eigenvalue weighted by Gasteiger charge is -2.21. The first kappa shape index (κ1) is 24.3. The molecule has 0 fully saturated rings. The maximum atomic E-state index is 13.0. The summed E-state index contributed by atoms with van der Waals surface area (Å²) in [6.45, 7) is 0.0198. The normalized spacial score (nSPS) is 12.2. The molecule has 0 aliphatic carbocycles. The number of benzene rings is 3. The summed E-state index contributed by atoms with van der Waals surface area (Å²) >= 11 is 0. The van der Waals surface area contributed by atoms with Crippen LogP contribution in [0.4, 0.5) is 4.79 Å². The minimum absolute atomic E-state index is 0.0198. The molecule has 0 spiro atoms. The molecule has 0 aromatic heterocycles. The van der Waals surface area contributed by atoms with Gasteiger partial charge in [-0.3, -0.25) is 4.79 Å². The summed E-state index contributed by atoms with van der Waals surface area (Å²) in [6, 6.07) is 21.9. The molecule has 0 saturated heterocycles. The van der Waals surface area contributed by atoms with E-state index < -0.39 is 30.1 Å². The molecule has 8 nitrogen and oxygen atoms in total. The average Bonchev–Trinajstić information content (AvgIpc) is 2.84. The van der Waals surface area contributed by atoms with Crippen molar-refractivity contribution in [1.29, 1.82) is 0 Å². The minimum Gasteiger partial charge on any atom is -0.508 e. The van der Waals surface area contributed by atoms with Crippen LogP contribution in [-0.2, 0) is 33.8 Å². The van der Waals surface area contributed by atoms with Gasteiger partial charge in [-0.1, -0.05) is 72.8 Å². The van der Waals surface area contributed by atoms with E-state index in [1.807, 2.05) is 24.3 Å². The Morgan fingerprint density at radius 1 is 0.706 bits per heavy atom. The molecule has 176 valence electrons. The molecule has 2 atom stereocenters. The maximum Gasteiger partial charge on any atom is 0.408 e. The molecular formula is C26H26N2O6. The van der Waals surface area contributed by atoms with Gasteiger partial charge in [0, 0.05) is 12.8 Å². The van der Waals surface area contributed by atoms with Gasteiger partial charge in [0.2, 0.25) is 5.91 Å². The molecular weight excluding hydrogens is 436 g/mol. The summed E-state index contributed by atoms with van der Waals surface area (Å²) in [5, 5.41) is 24.2. The first-order valence-corrected chi connectivity index (χ1v) is 10.7. The van der Waals surface area contributed by atoms with Gasteiger partial charge in [-0.15, -0.1) is 0 Å². The lowest BCUT2D eigenvalue weighted by molar-refractivity contribution is -0.142. The van der Waals surface area contributed by atoms with Crippen molar-refractivity contribution in [2.75, 3.05) is 0 Å². The quantitative estimate of drug-likeness (QED) is 0.367. The molecule has 8 heteroatoms. The number of carboxylic acids is 1. The number of rotatable bonds is 10. The topological polar surface area (TPSA) is 125 Å². The van der Waals surface area contributed by atoms with Crippen molar-refractivity contribution in [2.45, 2.75) is 31.5 Å². The zero-order valence-electron chi connectivity index (χ0n) is 18.4. The largest absolute Gasteiger partial charge is 0.508 e. The van der Waals surface area contributed by atoms with Crippen LogP contribution >= 0.6 is 0 Å². The number of carbonyl (C=O) groups excluding carboxylic acids is 2. The first-order valence-electron chi connectivity index (χ1n) is 10.7. The van der Waals surface area contributed by atoms with E-state index >= 15 is 0 Å². The van der Waals surface area contributed by atoms with Crippen LogP contribution in [0, 0.1) is 0 Å². The number of alkyl carbamates (subject to hydrolysis) is 1. The molecule has 34 heavy (non-hydrogen) atoms. The number of carboxylic acid groups (broad SMARTS) is 1. The predicted octanol–water partition coefficient (Wildman–Crippen LogP) is 3.04. The van der Waals surface area contributed by atoms with E-state index in [-0.39, 0.29) is 25.2 Å². The van der Waals surface area contributed by atoms with Crippen molar-refractivity contribution in [3.63, 3.8) is 0 Å². The molecule has 2 amide bonds. The number of aromatic hydroxyl groups is 1. The van der Waals surface area contributed by atoms with E-state index in [4.69, 9.17) is 4.74 Å². The molecule has 3 rings (SSSR count). The van der Waals surface area contributed by atoms with Crippen LogP contribution in [0.25, 0.3) is 0 Å². The molecule has 0 aliphatic rings. The molecule has 0 saturated carbocycles. The highest BCUT2D eigenvalue weighted by Gasteiger charge is 2.27. The van der Waals surface area contributed by atoms with Crippen molar-refractivity contribution in [1.82, 2.24) is 10.6 Å². The Bertz CT molecular complexity index is 1090. The number of nitrogens with one attached hydrogen (secondary N) is 2. The number of phenols is 1. The number of carbonyl (C=O) groups is 3. The van der Waals surface area contributed by atoms with Crippen LogP contribution in [0.1, 0.15) is 16.7 Å². The smallest absolute Gasteiger partial charge is 0.408 e. The van der Waals surface area contributed by atoms with Crippen LogP contribution in [-0.4, -0.2) is 40.3 Å². The Labute approximate surface area is 197 Å². The van der Waals surface area contributed by atoms with Gasteiger partial charge in [-0.05, 0) is 28.8 Å². The van der Waals surface area contributed by atoms with Crippen LogP contribution in [0.2, 0.25) is 0 Å². The second-order valence-corrected chi connectivity index (χ2v) is 7.72. The van der Waals surface area contributed by atoms with Crippen LogP contribution < -0.4 is 10.6 Å². The van der Waals surface area contributed by atoms with Crippen LogP contribution in [0.5, 0.6) is 5.75 Å². The van der Waals surface area contributed by atoms with Gasteiger partial charge in [-0.25, -0.2) is 9.59 Å². The van der Waals surface area contributed by atoms with Gasteiger partial charge in [-0.2, -0.15) is 0 Å². The maximum absolute atomic E-state index is 13.0. The van der Waals surface area contributed by atoms with Gasteiger partial charge in [0.25, 0.3) is 0 Å². The SMILES string of the molecule is O=C(NC(Cc1ccc(O)cc1)C(=O)N[C@@H](Cc1ccccc1)C(=O)O)OCc1ccccc1. The van der Waals surface area contributed by atoms with E-state index in [0.717, 1.165) is 11.1 Å². The molecule has 0 heterocycles. The second-order valence-electron chi connectivity index (χ2n) is 7.72. The standard InChI is InChI=1S/C26H26N2O6/c29-21-13-11-19(12-14-21)15-22(28-26(33)34-17-20-9-5-2-6-10-20)24(30)27-23(25(31)32)16-18-7-3-1-4-8-18/h1-14,22-23,29H,15-17H2,(H,27,30)(H,28,33)(H,31,32)/t22?,23-/m0/s1. The molecule has 3 aromatic rings. The fourth-order valence-corrected chi connectivity index (χ4v) is 3.31. The summed E-state index contributed by atoms with van der Waals surface area (Å²) < 4.78 is 5.23. The van der Waals surface area contributed by atoms with Crippen molar-refractivity contribution in [2.24, 2.45) is 0 Å². The summed E-state index contributed by atoms with van der Waals surface area (Å²) in [5.41, 5.74) is 2.20. The third kappa shape index (κ3) is 7.67. The summed E-state index contributed by atoms with van der Waals surface area (Å²) in [4.78, 5) is 37.2. The van der Waals surface area contributed by atoms with Gasteiger partial charge < -0.3 is 25.6 Å². The summed E-state index contributed by atoms with van der Waals surface area (Å²) in [7, 11) is 0. The Morgan fingerprint density at radius 3 is 1.82 bits per heavy atom. The summed E-state index contributed by atoms with van der Waals surface area (Å²) in [6.07, 6.45) is -0.644. The third-order valence-corrected chi connectivity index (χ3v) is 5.09. The van der Waals surface area contributed by atoms with E-state index in [9.17, 15) is 24.6 Å². The van der Waals surface area contributed by atoms with Gasteiger partial charge in [0.15, 0.2) is 0 Å². The molecule has 1 unspecified atom stereocenters. The fourth-order valence-electron chi connectivity index (χ4n) is 3.31. The molecule has 3 aromatic carbocycles. The second kappa shape index (κ2) is 12.1. The highest BCUT2D eigenvalue weighted by atomic mass is 16.5. The zero-order valence-corrected chi connectivity index (χ0v) is 18.4. The number of aliphatic carboxylic acids is 1. The third-order valence-electron chi connectivity index (χ3n) is 5.09. The summed E-state index contributed by atoms with van der Waals surface area (Å²) in [5.74, 6) is -1.78. The molecule has 0 aliphatic heterocycles. The molecule has 0 bridgehead atoms. The van der Waals surface area contributed by atoms with Gasteiger partial charge in [0.1, 0.15) is 24.4 Å². The average molecular weight is 463 g/mol. The number of hydrogen-bond donors (Lipinski definition) is 4. The van der Waals surface area contributed by atoms with Crippen LogP contribution in [0.3, 0.4) is 0 Å². The Hall–Kier alpha value is -4.33. The number of ether oxygens (including phenoxy) is 1. The van der Waals surface area contributed by atoms with E-state index in [0.29, 0.717) is 5.56 Å². The predicted molar refractivity (Wildman–Crippen MR) is 125 cm³/mol. The van der Waals surface area contributed by atoms with E-state index in [2.05, 4.69) is 10.6 Å². The first-order chi connectivity index (χ1) is 16.4. The van der Waals surface area contributed by atoms with Crippen molar-refractivity contribution in [3.05, 3.63) is 102 Å². The molecule has 0 radical (unpaired) electrons. The van der Waals surface area contributed by atoms with Crippen molar-refractivity contribution < 1.29 is 29.3 Å². The van der Waals surface area contributed by atoms with Crippen LogP contribution in [0.15, 0.2) is 84.9 Å². The Morgan fingerprint density at radius 2 is 1.24 bits per heavy atom. The number of hydrogen-bond acceptors (Lipinski definition) is 5. The van der Waals surface area contributed by atoms with E-state index in [1.54, 1.807) is 48.5 Å². The lowest BCUT2D eigenvalue weighted by atomic mass is 10.0. The number of phenolic OH excluding ortho intramolecular Hbond substituents is 1. The number of amides is 2. The van der Waals surface area contributed by atoms with Crippen molar-refractivity contribution >= 4 is 18.0 Å². The fraction of sp³-hybridized carbons (Fsp3) is 0.192. The Kier molecular flexibility index (Phi) is 8.62. The Balaban J connectivity index is 1.70. The lowest BCUT2D eigenvalue weighted by Crippen LogP contribution is -2.53. The zero-order chi connectivity index (χ0) is 24.3. The minimum atomic E-state index is -1.19. The highest BCUT2D eigenvalue weighted by molar-refractivity contribution is 5.89. The molecule has 4 N–H and O–H groups in total. The highest BCUT2D eigenvalue weighted by Crippen LogP contribution is 2.12. The van der Waals surface area contributed by atoms with E-state index in [1.165, 1.54) is 12.1 Å². The van der Waals surface area contributed by atoms with Gasteiger partial charge >= 0.3 is 12.1 Å². The monoisotopic (exact) mass is 462 g/mol. The van der Waals surface area contributed by atoms with Crippen molar-refractivity contribution in [3.8, 4) is 5.75 Å².